The van der Waals surface area contributed by atoms with E-state index in [1.807, 2.05) is 42.5 Å². The number of fused-ring (bicyclic) bond motifs is 1. The van der Waals surface area contributed by atoms with E-state index < -0.39 is 0 Å². The number of pyridine rings is 2. The second-order valence-electron chi connectivity index (χ2n) is 5.23. The minimum atomic E-state index is -0.263. The maximum absolute atomic E-state index is 12.7. The molecule has 1 aromatic carbocycles. The third kappa shape index (κ3) is 2.25. The van der Waals surface area contributed by atoms with Crippen LogP contribution in [0.1, 0.15) is 0 Å². The molecule has 0 fully saturated rings. The molecule has 3 heterocycles. The molecule has 0 saturated heterocycles. The van der Waals surface area contributed by atoms with Crippen LogP contribution in [0.5, 0.6) is 5.75 Å². The van der Waals surface area contributed by atoms with Crippen LogP contribution in [0, 0.1) is 0 Å². The van der Waals surface area contributed by atoms with E-state index in [4.69, 9.17) is 4.74 Å². The lowest BCUT2D eigenvalue weighted by Crippen LogP contribution is -2.20. The first kappa shape index (κ1) is 14.2. The normalized spacial score (nSPS) is 10.9. The van der Waals surface area contributed by atoms with Crippen LogP contribution in [-0.4, -0.2) is 26.3 Å². The van der Waals surface area contributed by atoms with E-state index in [0.717, 1.165) is 16.9 Å². The highest BCUT2D eigenvalue weighted by Gasteiger charge is 2.12. The molecule has 0 aliphatic rings. The topological polar surface area (TPSA) is 61.4 Å². The Morgan fingerprint density at radius 2 is 1.83 bits per heavy atom. The number of hydrogen-bond acceptors (Lipinski definition) is 4. The first-order chi connectivity index (χ1) is 11.8. The Balaban J connectivity index is 1.91. The van der Waals surface area contributed by atoms with Gasteiger partial charge in [0, 0.05) is 23.5 Å². The number of methoxy groups -OCH3 is 1. The summed E-state index contributed by atoms with van der Waals surface area (Å²) in [5.74, 6) is 1.24. The molecule has 0 N–H and O–H groups in total. The third-order valence-corrected chi connectivity index (χ3v) is 3.80. The highest BCUT2D eigenvalue weighted by Crippen LogP contribution is 2.29. The van der Waals surface area contributed by atoms with Crippen LogP contribution in [0.15, 0.2) is 71.8 Å². The number of para-hydroxylation sites is 1. The van der Waals surface area contributed by atoms with E-state index in [9.17, 15) is 4.79 Å². The van der Waals surface area contributed by atoms with Crippen LogP contribution in [-0.2, 0) is 0 Å². The van der Waals surface area contributed by atoms with E-state index in [0.29, 0.717) is 11.5 Å². The van der Waals surface area contributed by atoms with Gasteiger partial charge in [0.15, 0.2) is 11.5 Å². The van der Waals surface area contributed by atoms with E-state index >= 15 is 0 Å². The van der Waals surface area contributed by atoms with Gasteiger partial charge in [0.2, 0.25) is 0 Å². The lowest BCUT2D eigenvalue weighted by molar-refractivity contribution is 0.416. The molecule has 0 amide bonds. The van der Waals surface area contributed by atoms with Gasteiger partial charge in [0.25, 0.3) is 0 Å². The van der Waals surface area contributed by atoms with Gasteiger partial charge in [-0.15, -0.1) is 5.10 Å². The molecule has 3 aromatic heterocycles. The summed E-state index contributed by atoms with van der Waals surface area (Å²) in [6.45, 7) is 0. The first-order valence-corrected chi connectivity index (χ1v) is 7.44. The summed E-state index contributed by atoms with van der Waals surface area (Å²) in [6, 6.07) is 16.8. The summed E-state index contributed by atoms with van der Waals surface area (Å²) in [7, 11) is 1.63. The van der Waals surface area contributed by atoms with Crippen molar-refractivity contribution in [3.63, 3.8) is 0 Å². The molecular formula is C18H14N4O2. The van der Waals surface area contributed by atoms with Crippen molar-refractivity contribution in [1.82, 2.24) is 19.2 Å². The molecule has 0 aliphatic heterocycles. The van der Waals surface area contributed by atoms with Gasteiger partial charge in [0.05, 0.1) is 7.11 Å². The Bertz CT molecular complexity index is 1070. The zero-order valence-electron chi connectivity index (χ0n) is 13.0. The lowest BCUT2D eigenvalue weighted by Gasteiger charge is -2.08. The Labute approximate surface area is 137 Å². The number of aromatic nitrogens is 4. The van der Waals surface area contributed by atoms with Crippen molar-refractivity contribution in [2.24, 2.45) is 0 Å². The van der Waals surface area contributed by atoms with Crippen LogP contribution in [0.25, 0.3) is 22.6 Å². The van der Waals surface area contributed by atoms with Crippen molar-refractivity contribution >= 4 is 5.65 Å². The average Bonchev–Trinajstić information content (AvgIpc) is 2.98. The Kier molecular flexibility index (Phi) is 3.35. The summed E-state index contributed by atoms with van der Waals surface area (Å²) < 4.78 is 8.20. The van der Waals surface area contributed by atoms with Crippen molar-refractivity contribution < 1.29 is 4.74 Å². The van der Waals surface area contributed by atoms with Crippen molar-refractivity contribution in [2.75, 3.05) is 7.11 Å². The Hall–Kier alpha value is -3.41. The molecule has 6 nitrogen and oxygen atoms in total. The molecule has 0 radical (unpaired) electrons. The zero-order chi connectivity index (χ0) is 16.5. The number of ether oxygens (including phenoxy) is 1. The van der Waals surface area contributed by atoms with Gasteiger partial charge in [0.1, 0.15) is 5.75 Å². The second-order valence-corrected chi connectivity index (χ2v) is 5.23. The van der Waals surface area contributed by atoms with Gasteiger partial charge < -0.3 is 4.74 Å². The number of benzene rings is 1. The standard InChI is InChI=1S/C18H14N4O2/c1-24-15-7-3-2-6-14(15)13-9-10-17-20-22(18(23)21(17)12-13)16-8-4-5-11-19-16/h2-12H,1H3. The van der Waals surface area contributed by atoms with E-state index in [-0.39, 0.29) is 5.69 Å². The Morgan fingerprint density at radius 3 is 2.62 bits per heavy atom. The first-order valence-electron chi connectivity index (χ1n) is 7.44. The maximum Gasteiger partial charge on any atom is 0.356 e. The smallest absolute Gasteiger partial charge is 0.356 e. The van der Waals surface area contributed by atoms with E-state index in [2.05, 4.69) is 10.1 Å². The van der Waals surface area contributed by atoms with E-state index in [1.165, 1.54) is 9.08 Å². The third-order valence-electron chi connectivity index (χ3n) is 3.80. The molecular weight excluding hydrogens is 304 g/mol. The van der Waals surface area contributed by atoms with Crippen molar-refractivity contribution in [3.05, 3.63) is 77.5 Å². The number of rotatable bonds is 3. The minimum Gasteiger partial charge on any atom is -0.496 e. The summed E-state index contributed by atoms with van der Waals surface area (Å²) in [5.41, 5.74) is 2.09. The fourth-order valence-corrected chi connectivity index (χ4v) is 2.65. The molecule has 4 rings (SSSR count). The molecule has 0 atom stereocenters. The molecule has 118 valence electrons. The van der Waals surface area contributed by atoms with Gasteiger partial charge in [-0.05, 0) is 30.3 Å². The summed E-state index contributed by atoms with van der Waals surface area (Å²) in [6.07, 6.45) is 3.40. The molecule has 0 aliphatic carbocycles. The zero-order valence-corrected chi connectivity index (χ0v) is 13.0. The van der Waals surface area contributed by atoms with Gasteiger partial charge in [-0.1, -0.05) is 24.3 Å². The summed E-state index contributed by atoms with van der Waals surface area (Å²) in [5, 5.41) is 4.33. The highest BCUT2D eigenvalue weighted by atomic mass is 16.5. The fourth-order valence-electron chi connectivity index (χ4n) is 2.65. The van der Waals surface area contributed by atoms with Crippen LogP contribution in [0.3, 0.4) is 0 Å². The van der Waals surface area contributed by atoms with Gasteiger partial charge >= 0.3 is 5.69 Å². The predicted molar refractivity (Wildman–Crippen MR) is 90.6 cm³/mol. The van der Waals surface area contributed by atoms with Gasteiger partial charge in [-0.25, -0.2) is 14.2 Å². The average molecular weight is 318 g/mol. The van der Waals surface area contributed by atoms with Crippen molar-refractivity contribution in [1.29, 1.82) is 0 Å². The molecule has 4 aromatic rings. The number of nitrogens with zero attached hydrogens (tertiary/aromatic N) is 4. The van der Waals surface area contributed by atoms with Crippen molar-refractivity contribution in [3.8, 4) is 22.7 Å². The summed E-state index contributed by atoms with van der Waals surface area (Å²) in [4.78, 5) is 16.8. The predicted octanol–water partition coefficient (Wildman–Crippen LogP) is 2.56. The molecule has 0 spiro atoms. The summed E-state index contributed by atoms with van der Waals surface area (Å²) >= 11 is 0. The van der Waals surface area contributed by atoms with Crippen LogP contribution in [0.4, 0.5) is 0 Å². The van der Waals surface area contributed by atoms with Crippen LogP contribution >= 0.6 is 0 Å². The maximum atomic E-state index is 12.7. The second kappa shape index (κ2) is 5.66. The Morgan fingerprint density at radius 1 is 1.00 bits per heavy atom. The van der Waals surface area contributed by atoms with Gasteiger partial charge in [-0.2, -0.15) is 4.68 Å². The van der Waals surface area contributed by atoms with Crippen LogP contribution < -0.4 is 10.4 Å². The molecule has 6 heteroatoms. The lowest BCUT2D eigenvalue weighted by atomic mass is 10.1. The molecule has 24 heavy (non-hydrogen) atoms. The highest BCUT2D eigenvalue weighted by molar-refractivity contribution is 5.70. The molecule has 0 bridgehead atoms. The van der Waals surface area contributed by atoms with E-state index in [1.54, 1.807) is 31.6 Å². The minimum absolute atomic E-state index is 0.263. The SMILES string of the molecule is COc1ccccc1-c1ccc2nn(-c3ccccn3)c(=O)n2c1. The molecule has 0 unspecified atom stereocenters. The molecule has 0 saturated carbocycles. The van der Waals surface area contributed by atoms with Crippen molar-refractivity contribution in [2.45, 2.75) is 0 Å². The largest absolute Gasteiger partial charge is 0.496 e. The monoisotopic (exact) mass is 318 g/mol. The quantitative estimate of drug-likeness (QED) is 0.582. The van der Waals surface area contributed by atoms with Gasteiger partial charge in [-0.3, -0.25) is 0 Å². The van der Waals surface area contributed by atoms with Crippen LogP contribution in [0.2, 0.25) is 0 Å². The fraction of sp³-hybridized carbons (Fsp3) is 0.0556. The number of hydrogen-bond donors (Lipinski definition) is 0.